The molecule has 0 heterocycles. The zero-order chi connectivity index (χ0) is 11.6. The fraction of sp³-hybridized carbons (Fsp3) is 0. The largest absolute Gasteiger partial charge is 0.485 e. The van der Waals surface area contributed by atoms with Crippen LogP contribution >= 0.6 is 15.6 Å². The van der Waals surface area contributed by atoms with Crippen molar-refractivity contribution < 1.29 is 41.1 Å². The Morgan fingerprint density at radius 2 is 1.50 bits per heavy atom. The zero-order valence-electron chi connectivity index (χ0n) is 6.13. The van der Waals surface area contributed by atoms with Gasteiger partial charge in [-0.05, 0) is 0 Å². The lowest BCUT2D eigenvalue weighted by atomic mass is 13.0. The van der Waals surface area contributed by atoms with Crippen LogP contribution in [-0.4, -0.2) is 28.0 Å². The Morgan fingerprint density at radius 3 is 1.79 bits per heavy atom. The summed E-state index contributed by atoms with van der Waals surface area (Å²) in [7, 11) is -15.2. The fourth-order valence-electron chi connectivity index (χ4n) is 0.262. The Balaban J connectivity index is 4.40. The summed E-state index contributed by atoms with van der Waals surface area (Å²) in [5, 5.41) is 0.945. The minimum atomic E-state index is -5.31. The summed E-state index contributed by atoms with van der Waals surface area (Å²) in [4.78, 5) is 33.2. The van der Waals surface area contributed by atoms with E-state index in [4.69, 9.17) is 19.6 Å². The van der Waals surface area contributed by atoms with Gasteiger partial charge in [-0.1, -0.05) is 0 Å². The van der Waals surface area contributed by atoms with E-state index in [2.05, 4.69) is 3.97 Å². The minimum Gasteiger partial charge on any atom is -0.312 e. The molecule has 0 fully saturated rings. The standard InChI is InChI=1S/H6N2O9P2S/c3-12(4,5)1-2-14(9,10)11-13(6,7)8/h2H,(H2,6,7,8)(H3,1,3,4,5). The molecule has 0 aliphatic carbocycles. The van der Waals surface area contributed by atoms with Gasteiger partial charge in [0.1, 0.15) is 0 Å². The number of hydrogen-bond acceptors (Lipinski definition) is 5. The molecule has 0 aliphatic rings. The van der Waals surface area contributed by atoms with E-state index in [1.54, 1.807) is 0 Å². The van der Waals surface area contributed by atoms with Crippen LogP contribution in [0.15, 0.2) is 0 Å². The number of hydrazine groups is 1. The lowest BCUT2D eigenvalue weighted by Crippen LogP contribution is -2.35. The van der Waals surface area contributed by atoms with Crippen LogP contribution in [0.4, 0.5) is 0 Å². The molecule has 0 radical (unpaired) electrons. The summed E-state index contributed by atoms with van der Waals surface area (Å²) in [6.45, 7) is 0. The van der Waals surface area contributed by atoms with Gasteiger partial charge in [-0.2, -0.15) is 12.4 Å². The van der Waals surface area contributed by atoms with Crippen molar-refractivity contribution in [2.75, 3.05) is 0 Å². The van der Waals surface area contributed by atoms with Crippen LogP contribution in [0.25, 0.3) is 0 Å². The normalized spacial score (nSPS) is 14.3. The first kappa shape index (κ1) is 14.1. The highest BCUT2D eigenvalue weighted by Gasteiger charge is 2.27. The summed E-state index contributed by atoms with van der Waals surface area (Å²) < 4.78 is 44.1. The number of rotatable bonds is 5. The Kier molecular flexibility index (Phi) is 4.37. The molecule has 0 aromatic heterocycles. The third-order valence-electron chi connectivity index (χ3n) is 0.512. The van der Waals surface area contributed by atoms with Gasteiger partial charge in [0.25, 0.3) is 0 Å². The lowest BCUT2D eigenvalue weighted by molar-refractivity contribution is 0.281. The molecule has 0 saturated heterocycles. The summed E-state index contributed by atoms with van der Waals surface area (Å²) in [6, 6.07) is 0. The number of hydrogen-bond donors (Lipinski definition) is 6. The molecule has 0 aliphatic heterocycles. The van der Waals surface area contributed by atoms with Gasteiger partial charge < -0.3 is 19.6 Å². The molecule has 14 heavy (non-hydrogen) atoms. The third-order valence-corrected chi connectivity index (χ3v) is 2.98. The van der Waals surface area contributed by atoms with Crippen molar-refractivity contribution >= 4 is 25.9 Å². The summed E-state index contributed by atoms with van der Waals surface area (Å²) in [5.41, 5.74) is 0. The van der Waals surface area contributed by atoms with Gasteiger partial charge in [0.2, 0.25) is 0 Å². The monoisotopic (exact) mass is 272 g/mol. The van der Waals surface area contributed by atoms with Crippen LogP contribution in [0.5, 0.6) is 0 Å². The maximum atomic E-state index is 10.5. The van der Waals surface area contributed by atoms with Gasteiger partial charge in [-0.25, -0.2) is 9.13 Å². The smallest absolute Gasteiger partial charge is 0.312 e. The molecule has 0 spiro atoms. The van der Waals surface area contributed by atoms with Gasteiger partial charge in [0, 0.05) is 0 Å². The van der Waals surface area contributed by atoms with Crippen molar-refractivity contribution in [1.29, 1.82) is 0 Å². The Hall–Kier alpha value is 0.130. The molecule has 0 aromatic rings. The molecule has 0 rings (SSSR count). The van der Waals surface area contributed by atoms with E-state index in [1.807, 2.05) is 0 Å². The molecule has 0 unspecified atom stereocenters. The molecular formula is H6N2O9P2S. The maximum absolute atomic E-state index is 10.5. The predicted octanol–water partition coefficient (Wildman–Crippen LogP) is -2.47. The average molecular weight is 272 g/mol. The van der Waals surface area contributed by atoms with Crippen LogP contribution in [0, 0.1) is 0 Å². The molecule has 6 N–H and O–H groups in total. The maximum Gasteiger partial charge on any atom is 0.485 e. The van der Waals surface area contributed by atoms with Crippen molar-refractivity contribution in [3.63, 3.8) is 0 Å². The van der Waals surface area contributed by atoms with Crippen LogP contribution in [0.1, 0.15) is 0 Å². The first-order valence-electron chi connectivity index (χ1n) is 2.53. The number of phosphoric acid groups is 1. The SMILES string of the molecule is O=P(O)(O)NNS(=O)(=O)OP(=O)(O)O. The van der Waals surface area contributed by atoms with E-state index in [-0.39, 0.29) is 0 Å². The highest BCUT2D eigenvalue weighted by Crippen LogP contribution is 2.37. The van der Waals surface area contributed by atoms with Gasteiger partial charge >= 0.3 is 25.9 Å². The van der Waals surface area contributed by atoms with Gasteiger partial charge in [-0.3, -0.25) is 0 Å². The van der Waals surface area contributed by atoms with Crippen LogP contribution < -0.4 is 10.0 Å². The van der Waals surface area contributed by atoms with Crippen molar-refractivity contribution in [2.45, 2.75) is 0 Å². The second-order valence-electron chi connectivity index (χ2n) is 1.78. The predicted molar refractivity (Wildman–Crippen MR) is 40.4 cm³/mol. The minimum absolute atomic E-state index is 0.900. The highest BCUT2D eigenvalue weighted by atomic mass is 32.2. The summed E-state index contributed by atoms with van der Waals surface area (Å²) in [6.07, 6.45) is 0. The average Bonchev–Trinajstić information content (AvgIpc) is 1.76. The van der Waals surface area contributed by atoms with Crippen LogP contribution in [0.2, 0.25) is 0 Å². The molecule has 11 nitrogen and oxygen atoms in total. The molecule has 0 amide bonds. The van der Waals surface area contributed by atoms with E-state index < -0.39 is 25.9 Å². The summed E-state index contributed by atoms with van der Waals surface area (Å²) in [5.74, 6) is 0. The van der Waals surface area contributed by atoms with E-state index in [0.29, 0.717) is 0 Å². The van der Waals surface area contributed by atoms with Crippen molar-refractivity contribution in [3.8, 4) is 0 Å². The quantitative estimate of drug-likeness (QED) is 0.231. The van der Waals surface area contributed by atoms with E-state index >= 15 is 0 Å². The van der Waals surface area contributed by atoms with Crippen molar-refractivity contribution in [3.05, 3.63) is 0 Å². The Labute approximate surface area is 77.8 Å². The molecular weight excluding hydrogens is 266 g/mol. The molecule has 0 atom stereocenters. The highest BCUT2D eigenvalue weighted by molar-refractivity contribution is 7.88. The van der Waals surface area contributed by atoms with Crippen LogP contribution in [0.3, 0.4) is 0 Å². The molecule has 0 bridgehead atoms. The molecule has 86 valence electrons. The Morgan fingerprint density at radius 1 is 1.07 bits per heavy atom. The fourth-order valence-corrected chi connectivity index (χ4v) is 2.36. The molecule has 14 heteroatoms. The van der Waals surface area contributed by atoms with Crippen molar-refractivity contribution in [2.24, 2.45) is 0 Å². The van der Waals surface area contributed by atoms with Gasteiger partial charge in [0.05, 0.1) is 0 Å². The van der Waals surface area contributed by atoms with Gasteiger partial charge in [-0.15, -0.1) is 10.0 Å². The second kappa shape index (κ2) is 4.33. The lowest BCUT2D eigenvalue weighted by Gasteiger charge is -2.08. The topological polar surface area (TPSA) is 182 Å². The first-order chi connectivity index (χ1) is 5.91. The van der Waals surface area contributed by atoms with Crippen LogP contribution in [-0.2, 0) is 23.4 Å². The summed E-state index contributed by atoms with van der Waals surface area (Å²) >= 11 is 0. The van der Waals surface area contributed by atoms with E-state index in [0.717, 1.165) is 10.0 Å². The molecule has 0 aromatic carbocycles. The Bertz CT molecular complexity index is 370. The molecule has 0 saturated carbocycles. The van der Waals surface area contributed by atoms with E-state index in [1.165, 1.54) is 0 Å². The number of nitrogens with one attached hydrogen (secondary N) is 2. The van der Waals surface area contributed by atoms with Gasteiger partial charge in [0.15, 0.2) is 0 Å². The van der Waals surface area contributed by atoms with E-state index in [9.17, 15) is 17.5 Å². The first-order valence-corrected chi connectivity index (χ1v) is 7.08. The second-order valence-corrected chi connectivity index (χ2v) is 5.78. The third kappa shape index (κ3) is 8.72. The van der Waals surface area contributed by atoms with Crippen molar-refractivity contribution in [1.82, 2.24) is 10.0 Å². The zero-order valence-corrected chi connectivity index (χ0v) is 8.74.